The summed E-state index contributed by atoms with van der Waals surface area (Å²) in [5, 5.41) is 20.0. The highest BCUT2D eigenvalue weighted by molar-refractivity contribution is 5.64. The van der Waals surface area contributed by atoms with Crippen molar-refractivity contribution in [2.45, 2.75) is 13.8 Å². The topological polar surface area (TPSA) is 96.8 Å². The van der Waals surface area contributed by atoms with E-state index in [0.29, 0.717) is 0 Å². The summed E-state index contributed by atoms with van der Waals surface area (Å²) >= 11 is 0. The van der Waals surface area contributed by atoms with Crippen LogP contribution in [0.2, 0.25) is 0 Å². The van der Waals surface area contributed by atoms with Gasteiger partial charge in [-0.3, -0.25) is 20.2 Å². The molecule has 7 heteroatoms. The van der Waals surface area contributed by atoms with Gasteiger partial charge in [0.25, 0.3) is 0 Å². The lowest BCUT2D eigenvalue weighted by molar-refractivity contribution is -0.384. The molecule has 1 N–H and O–H groups in total. The maximum absolute atomic E-state index is 11.1. The Morgan fingerprint density at radius 1 is 1.37 bits per heavy atom. The van der Waals surface area contributed by atoms with E-state index < -0.39 is 4.92 Å². The van der Waals surface area contributed by atoms with Gasteiger partial charge in [0, 0.05) is 17.6 Å². The lowest BCUT2D eigenvalue weighted by atomic mass is 10.2. The molecule has 0 fully saturated rings. The Morgan fingerprint density at radius 3 is 2.53 bits per heavy atom. The second-order valence-electron chi connectivity index (χ2n) is 3.99. The average molecular weight is 257 g/mol. The van der Waals surface area contributed by atoms with E-state index in [0.717, 1.165) is 11.4 Å². The van der Waals surface area contributed by atoms with Crippen LogP contribution in [0, 0.1) is 35.3 Å². The van der Waals surface area contributed by atoms with Crippen LogP contribution in [0.3, 0.4) is 0 Å². The van der Waals surface area contributed by atoms with Crippen molar-refractivity contribution in [3.63, 3.8) is 0 Å². The van der Waals surface area contributed by atoms with Crippen LogP contribution in [0.4, 0.5) is 11.5 Å². The summed E-state index contributed by atoms with van der Waals surface area (Å²) in [7, 11) is 0. The molecule has 0 aliphatic heterocycles. The maximum Gasteiger partial charge on any atom is 0.330 e. The Balaban J connectivity index is 2.53. The minimum Gasteiger partial charge on any atom is -0.272 e. The summed E-state index contributed by atoms with van der Waals surface area (Å²) in [6.07, 6.45) is 1.36. The number of nitro groups is 1. The van der Waals surface area contributed by atoms with E-state index >= 15 is 0 Å². The van der Waals surface area contributed by atoms with E-state index in [2.05, 4.69) is 10.4 Å². The van der Waals surface area contributed by atoms with Gasteiger partial charge in [0.05, 0.1) is 4.92 Å². The first kappa shape index (κ1) is 12.6. The van der Waals surface area contributed by atoms with E-state index in [1.54, 1.807) is 10.7 Å². The molecule has 2 rings (SSSR count). The van der Waals surface area contributed by atoms with Gasteiger partial charge in [0.2, 0.25) is 5.82 Å². The van der Waals surface area contributed by atoms with Crippen LogP contribution in [0.5, 0.6) is 0 Å². The molecule has 0 aliphatic carbocycles. The summed E-state index contributed by atoms with van der Waals surface area (Å²) in [6.45, 7) is 3.72. The third-order valence-electron chi connectivity index (χ3n) is 2.72. The van der Waals surface area contributed by atoms with Gasteiger partial charge in [-0.2, -0.15) is 5.26 Å². The summed E-state index contributed by atoms with van der Waals surface area (Å²) in [5.74, 6) is 0.0476. The molecule has 19 heavy (non-hydrogen) atoms. The minimum atomic E-state index is -0.609. The van der Waals surface area contributed by atoms with Crippen LogP contribution >= 0.6 is 0 Å². The van der Waals surface area contributed by atoms with Gasteiger partial charge < -0.3 is 0 Å². The van der Waals surface area contributed by atoms with Crippen LogP contribution in [0.25, 0.3) is 0 Å². The second-order valence-corrected chi connectivity index (χ2v) is 3.99. The molecule has 0 amide bonds. The highest BCUT2D eigenvalue weighted by Gasteiger charge is 2.21. The fourth-order valence-corrected chi connectivity index (χ4v) is 1.76. The van der Waals surface area contributed by atoms with Crippen molar-refractivity contribution in [3.05, 3.63) is 51.5 Å². The maximum atomic E-state index is 11.1. The van der Waals surface area contributed by atoms with Crippen LogP contribution in [-0.2, 0) is 0 Å². The van der Waals surface area contributed by atoms with E-state index in [9.17, 15) is 10.1 Å². The number of hydrogen-bond donors (Lipinski definition) is 1. The predicted octanol–water partition coefficient (Wildman–Crippen LogP) is 2.16. The van der Waals surface area contributed by atoms with Gasteiger partial charge >= 0.3 is 5.69 Å². The van der Waals surface area contributed by atoms with Crippen molar-refractivity contribution >= 4 is 11.5 Å². The zero-order chi connectivity index (χ0) is 14.0. The number of anilines is 1. The highest BCUT2D eigenvalue weighted by atomic mass is 16.6. The molecule has 0 saturated heterocycles. The molecule has 0 aliphatic rings. The molecular weight excluding hydrogens is 246 g/mol. The number of rotatable bonds is 3. The van der Waals surface area contributed by atoms with Crippen molar-refractivity contribution in [3.8, 4) is 6.07 Å². The number of nitrogens with zero attached hydrogens (tertiary/aromatic N) is 4. The van der Waals surface area contributed by atoms with Crippen LogP contribution in [-0.4, -0.2) is 14.6 Å². The number of nitrogens with one attached hydrogen (secondary N) is 1. The Morgan fingerprint density at radius 2 is 2.00 bits per heavy atom. The molecule has 0 atom stereocenters. The largest absolute Gasteiger partial charge is 0.330 e. The number of aryl methyl sites for hydroxylation is 2. The standard InChI is InChI=1S/C12H11N5O2/c1-8-3-4-9(2)16(8)15-12-11(17(18)19)10(7-13)5-6-14-12/h3-6H,1-2H3,(H,14,15). The van der Waals surface area contributed by atoms with E-state index in [1.807, 2.05) is 26.0 Å². The van der Waals surface area contributed by atoms with Crippen molar-refractivity contribution < 1.29 is 4.92 Å². The number of nitriles is 1. The van der Waals surface area contributed by atoms with Crippen molar-refractivity contribution in [1.29, 1.82) is 5.26 Å². The molecule has 0 spiro atoms. The van der Waals surface area contributed by atoms with Gasteiger partial charge in [0.15, 0.2) is 0 Å². The third-order valence-corrected chi connectivity index (χ3v) is 2.72. The Labute approximate surface area is 109 Å². The zero-order valence-corrected chi connectivity index (χ0v) is 10.4. The summed E-state index contributed by atoms with van der Waals surface area (Å²) < 4.78 is 1.68. The average Bonchev–Trinajstić information content (AvgIpc) is 2.70. The molecule has 2 aromatic heterocycles. The van der Waals surface area contributed by atoms with Gasteiger partial charge in [-0.25, -0.2) is 4.98 Å². The molecule has 0 unspecified atom stereocenters. The summed E-state index contributed by atoms with van der Waals surface area (Å²) in [5.41, 5.74) is 4.28. The second kappa shape index (κ2) is 4.78. The first-order chi connectivity index (χ1) is 9.04. The molecule has 0 bridgehead atoms. The normalized spacial score (nSPS) is 9.95. The van der Waals surface area contributed by atoms with Crippen molar-refractivity contribution in [2.75, 3.05) is 5.43 Å². The molecular formula is C12H11N5O2. The Bertz CT molecular complexity index is 664. The van der Waals surface area contributed by atoms with E-state index in [1.165, 1.54) is 12.3 Å². The van der Waals surface area contributed by atoms with Gasteiger partial charge in [-0.15, -0.1) is 0 Å². The summed E-state index contributed by atoms with van der Waals surface area (Å²) in [6, 6.07) is 6.87. The third kappa shape index (κ3) is 2.24. The molecule has 0 aromatic carbocycles. The van der Waals surface area contributed by atoms with Crippen LogP contribution in [0.15, 0.2) is 24.4 Å². The molecule has 2 heterocycles. The summed E-state index contributed by atoms with van der Waals surface area (Å²) in [4.78, 5) is 14.4. The smallest absolute Gasteiger partial charge is 0.272 e. The van der Waals surface area contributed by atoms with Gasteiger partial charge in [-0.1, -0.05) is 0 Å². The number of pyridine rings is 1. The SMILES string of the molecule is Cc1ccc(C)n1Nc1nccc(C#N)c1[N+](=O)[O-]. The van der Waals surface area contributed by atoms with Crippen LogP contribution in [0.1, 0.15) is 17.0 Å². The van der Waals surface area contributed by atoms with Crippen molar-refractivity contribution in [1.82, 2.24) is 9.66 Å². The molecule has 0 saturated carbocycles. The monoisotopic (exact) mass is 257 g/mol. The van der Waals surface area contributed by atoms with E-state index in [-0.39, 0.29) is 17.1 Å². The van der Waals surface area contributed by atoms with Crippen molar-refractivity contribution in [2.24, 2.45) is 0 Å². The lowest BCUT2D eigenvalue weighted by Gasteiger charge is -2.12. The zero-order valence-electron chi connectivity index (χ0n) is 10.4. The Kier molecular flexibility index (Phi) is 3.16. The lowest BCUT2D eigenvalue weighted by Crippen LogP contribution is -2.15. The molecule has 7 nitrogen and oxygen atoms in total. The first-order valence-corrected chi connectivity index (χ1v) is 5.50. The van der Waals surface area contributed by atoms with Gasteiger partial charge in [0.1, 0.15) is 11.6 Å². The fourth-order valence-electron chi connectivity index (χ4n) is 1.76. The fraction of sp³-hybridized carbons (Fsp3) is 0.167. The van der Waals surface area contributed by atoms with Gasteiger partial charge in [-0.05, 0) is 32.0 Å². The first-order valence-electron chi connectivity index (χ1n) is 5.50. The van der Waals surface area contributed by atoms with E-state index in [4.69, 9.17) is 5.26 Å². The molecule has 96 valence electrons. The number of aromatic nitrogens is 2. The molecule has 2 aromatic rings. The molecule has 0 radical (unpaired) electrons. The predicted molar refractivity (Wildman–Crippen MR) is 68.5 cm³/mol. The Hall–Kier alpha value is -2.88. The highest BCUT2D eigenvalue weighted by Crippen LogP contribution is 2.26. The minimum absolute atomic E-state index is 0.0232. The number of hydrogen-bond acceptors (Lipinski definition) is 5. The van der Waals surface area contributed by atoms with Crippen LogP contribution < -0.4 is 5.43 Å². The quantitative estimate of drug-likeness (QED) is 0.671.